The van der Waals surface area contributed by atoms with Crippen LogP contribution >= 0.6 is 11.6 Å². The van der Waals surface area contributed by atoms with Gasteiger partial charge in [-0.3, -0.25) is 9.59 Å². The maximum atomic E-state index is 13.6. The Kier molecular flexibility index (Phi) is 6.05. The minimum absolute atomic E-state index is 0.0680. The Morgan fingerprint density at radius 1 is 1.15 bits per heavy atom. The summed E-state index contributed by atoms with van der Waals surface area (Å²) in [6, 6.07) is 12.7. The predicted molar refractivity (Wildman–Crippen MR) is 119 cm³/mol. The molecule has 1 amide bonds. The van der Waals surface area contributed by atoms with E-state index in [2.05, 4.69) is 5.10 Å². The summed E-state index contributed by atoms with van der Waals surface area (Å²) in [7, 11) is 0. The van der Waals surface area contributed by atoms with Gasteiger partial charge in [0.25, 0.3) is 5.91 Å². The molecule has 0 aliphatic heterocycles. The third-order valence-electron chi connectivity index (χ3n) is 5.69. The lowest BCUT2D eigenvalue weighted by Gasteiger charge is -2.29. The average Bonchev–Trinajstić information content (AvgIpc) is 3.59. The van der Waals surface area contributed by atoms with E-state index in [4.69, 9.17) is 11.6 Å². The normalized spacial score (nSPS) is 14.7. The summed E-state index contributed by atoms with van der Waals surface area (Å²) in [5.41, 5.74) is -1.18. The van der Waals surface area contributed by atoms with Gasteiger partial charge in [-0.2, -0.15) is 18.3 Å². The van der Waals surface area contributed by atoms with Crippen LogP contribution in [0.15, 0.2) is 59.4 Å². The van der Waals surface area contributed by atoms with Crippen LogP contribution in [0.3, 0.4) is 0 Å². The highest BCUT2D eigenvalue weighted by Gasteiger charge is 2.39. The van der Waals surface area contributed by atoms with Crippen LogP contribution < -0.4 is 5.43 Å². The smallest absolute Gasteiger partial charge is 0.327 e. The largest absolute Gasteiger partial charge is 0.418 e. The zero-order chi connectivity index (χ0) is 23.9. The number of benzene rings is 2. The topological polar surface area (TPSA) is 55.2 Å². The number of hydrogen-bond donors (Lipinski definition) is 0. The van der Waals surface area contributed by atoms with Gasteiger partial charge in [-0.15, -0.1) is 0 Å². The Hall–Kier alpha value is -3.13. The Balaban J connectivity index is 1.79. The number of nitrogens with zero attached hydrogens (tertiary/aromatic N) is 3. The molecular formula is C24H21ClF3N3O2. The molecule has 1 aliphatic rings. The van der Waals surface area contributed by atoms with E-state index in [0.29, 0.717) is 5.02 Å². The first-order valence-corrected chi connectivity index (χ1v) is 10.8. The van der Waals surface area contributed by atoms with Gasteiger partial charge < -0.3 is 4.90 Å². The molecule has 0 bridgehead atoms. The Morgan fingerprint density at radius 3 is 2.39 bits per heavy atom. The van der Waals surface area contributed by atoms with Crippen molar-refractivity contribution in [3.63, 3.8) is 0 Å². The highest BCUT2D eigenvalue weighted by Crippen LogP contribution is 2.36. The van der Waals surface area contributed by atoms with Gasteiger partial charge in [-0.1, -0.05) is 35.9 Å². The molecule has 1 aromatic heterocycles. The highest BCUT2D eigenvalue weighted by atomic mass is 35.5. The van der Waals surface area contributed by atoms with Crippen LogP contribution in [-0.4, -0.2) is 26.6 Å². The first kappa shape index (κ1) is 23.0. The van der Waals surface area contributed by atoms with Crippen LogP contribution in [0.5, 0.6) is 0 Å². The molecule has 5 nitrogen and oxygen atoms in total. The molecule has 1 unspecified atom stereocenters. The van der Waals surface area contributed by atoms with Crippen molar-refractivity contribution < 1.29 is 18.0 Å². The molecular weight excluding hydrogens is 455 g/mol. The molecule has 2 aromatic carbocycles. The van der Waals surface area contributed by atoms with Gasteiger partial charge in [0, 0.05) is 22.8 Å². The van der Waals surface area contributed by atoms with Gasteiger partial charge in [0.1, 0.15) is 0 Å². The van der Waals surface area contributed by atoms with Gasteiger partial charge in [0.05, 0.1) is 17.3 Å². The van der Waals surface area contributed by atoms with Crippen LogP contribution in [0, 0.1) is 6.92 Å². The number of para-hydroxylation sites is 1. The Bertz CT molecular complexity index is 1250. The van der Waals surface area contributed by atoms with Gasteiger partial charge in [-0.25, -0.2) is 4.68 Å². The molecule has 1 heterocycles. The van der Waals surface area contributed by atoms with Crippen LogP contribution in [0.4, 0.5) is 13.2 Å². The van der Waals surface area contributed by atoms with Gasteiger partial charge in [0.2, 0.25) is 5.43 Å². The second kappa shape index (κ2) is 8.67. The maximum absolute atomic E-state index is 13.6. The van der Waals surface area contributed by atoms with Crippen molar-refractivity contribution in [2.75, 3.05) is 0 Å². The fourth-order valence-corrected chi connectivity index (χ4v) is 4.00. The number of carbonyl (C=O) groups excluding carboxylic acids is 1. The summed E-state index contributed by atoms with van der Waals surface area (Å²) in [5.74, 6) is -0.608. The molecule has 0 N–H and O–H groups in total. The van der Waals surface area contributed by atoms with E-state index in [-0.39, 0.29) is 23.5 Å². The number of aryl methyl sites for hydroxylation is 1. The second-order valence-electron chi connectivity index (χ2n) is 8.10. The first-order valence-electron chi connectivity index (χ1n) is 10.4. The predicted octanol–water partition coefficient (Wildman–Crippen LogP) is 5.58. The molecule has 1 aliphatic carbocycles. The second-order valence-corrected chi connectivity index (χ2v) is 8.53. The standard InChI is InChI=1S/C24H21ClF3N3O2/c1-14-13-21(32)22(29-31(14)20-6-4-3-5-19(20)24(26,27)28)23(33)30(18-11-12-18)15(2)16-7-9-17(25)10-8-16/h3-10,13,15,18H,11-12H2,1-2H3. The van der Waals surface area contributed by atoms with Gasteiger partial charge >= 0.3 is 6.18 Å². The van der Waals surface area contributed by atoms with E-state index in [1.165, 1.54) is 25.1 Å². The van der Waals surface area contributed by atoms with Gasteiger partial charge in [-0.05, 0) is 56.5 Å². The highest BCUT2D eigenvalue weighted by molar-refractivity contribution is 6.30. The SMILES string of the molecule is Cc1cc(=O)c(C(=O)N(C2CC2)C(C)c2ccc(Cl)cc2)nn1-c1ccccc1C(F)(F)F. The zero-order valence-corrected chi connectivity index (χ0v) is 18.7. The molecule has 3 aromatic rings. The number of alkyl halides is 3. The molecule has 0 radical (unpaired) electrons. The van der Waals surface area contributed by atoms with Crippen LogP contribution in [-0.2, 0) is 6.18 Å². The first-order chi connectivity index (χ1) is 15.6. The number of aromatic nitrogens is 2. The summed E-state index contributed by atoms with van der Waals surface area (Å²) < 4.78 is 41.8. The average molecular weight is 476 g/mol. The van der Waals surface area contributed by atoms with Crippen LogP contribution in [0.2, 0.25) is 5.02 Å². The quantitative estimate of drug-likeness (QED) is 0.484. The number of carbonyl (C=O) groups is 1. The molecule has 33 heavy (non-hydrogen) atoms. The minimum Gasteiger partial charge on any atom is -0.327 e. The van der Waals surface area contributed by atoms with E-state index in [9.17, 15) is 22.8 Å². The van der Waals surface area contributed by atoms with Crippen LogP contribution in [0.1, 0.15) is 53.1 Å². The van der Waals surface area contributed by atoms with Crippen molar-refractivity contribution in [3.8, 4) is 5.69 Å². The van der Waals surface area contributed by atoms with Crippen LogP contribution in [0.25, 0.3) is 5.69 Å². The maximum Gasteiger partial charge on any atom is 0.418 e. The van der Waals surface area contributed by atoms with E-state index < -0.39 is 28.8 Å². The summed E-state index contributed by atoms with van der Waals surface area (Å²) in [6.07, 6.45) is -3.07. The lowest BCUT2D eigenvalue weighted by atomic mass is 10.1. The summed E-state index contributed by atoms with van der Waals surface area (Å²) >= 11 is 5.97. The van der Waals surface area contributed by atoms with Gasteiger partial charge in [0.15, 0.2) is 5.69 Å². The van der Waals surface area contributed by atoms with Crippen molar-refractivity contribution in [3.05, 3.63) is 92.4 Å². The number of halogens is 4. The molecule has 1 fully saturated rings. The molecule has 0 spiro atoms. The summed E-state index contributed by atoms with van der Waals surface area (Å²) in [6.45, 7) is 3.32. The molecule has 9 heteroatoms. The van der Waals surface area contributed by atoms with Crippen molar-refractivity contribution >= 4 is 17.5 Å². The number of amides is 1. The monoisotopic (exact) mass is 475 g/mol. The lowest BCUT2D eigenvalue weighted by Crippen LogP contribution is -2.39. The third kappa shape index (κ3) is 4.66. The molecule has 172 valence electrons. The van der Waals surface area contributed by atoms with E-state index in [1.54, 1.807) is 29.2 Å². The number of hydrogen-bond acceptors (Lipinski definition) is 3. The molecule has 0 saturated heterocycles. The summed E-state index contributed by atoms with van der Waals surface area (Å²) in [4.78, 5) is 27.8. The van der Waals surface area contributed by atoms with Crippen molar-refractivity contribution in [2.45, 2.75) is 44.9 Å². The van der Waals surface area contributed by atoms with Crippen molar-refractivity contribution in [1.82, 2.24) is 14.7 Å². The number of rotatable bonds is 5. The van der Waals surface area contributed by atoms with E-state index >= 15 is 0 Å². The Labute approximate surface area is 193 Å². The minimum atomic E-state index is -4.62. The lowest BCUT2D eigenvalue weighted by molar-refractivity contribution is -0.137. The summed E-state index contributed by atoms with van der Waals surface area (Å²) in [5, 5.41) is 4.69. The zero-order valence-electron chi connectivity index (χ0n) is 17.9. The molecule has 1 saturated carbocycles. The van der Waals surface area contributed by atoms with E-state index in [0.717, 1.165) is 35.2 Å². The van der Waals surface area contributed by atoms with Crippen molar-refractivity contribution in [1.29, 1.82) is 0 Å². The molecule has 1 atom stereocenters. The Morgan fingerprint density at radius 2 is 1.79 bits per heavy atom. The molecule has 4 rings (SSSR count). The van der Waals surface area contributed by atoms with Crippen molar-refractivity contribution in [2.24, 2.45) is 0 Å². The van der Waals surface area contributed by atoms with E-state index in [1.807, 2.05) is 6.92 Å². The third-order valence-corrected chi connectivity index (χ3v) is 5.94. The fourth-order valence-electron chi connectivity index (χ4n) is 3.87. The fraction of sp³-hybridized carbons (Fsp3) is 0.292.